The molecule has 0 radical (unpaired) electrons. The highest BCUT2D eigenvalue weighted by Gasteiger charge is 2.24. The van der Waals surface area contributed by atoms with Gasteiger partial charge in [0, 0.05) is 50.5 Å². The smallest absolute Gasteiger partial charge is 0.184 e. The number of nitrogens with one attached hydrogen (secondary N) is 1. The third kappa shape index (κ3) is 6.21. The number of halogens is 1. The van der Waals surface area contributed by atoms with E-state index in [9.17, 15) is 0 Å². The van der Waals surface area contributed by atoms with Gasteiger partial charge in [0.25, 0.3) is 0 Å². The summed E-state index contributed by atoms with van der Waals surface area (Å²) < 4.78 is 15.3. The van der Waals surface area contributed by atoms with E-state index in [-0.39, 0.29) is 10.9 Å². The number of anilines is 2. The molecule has 0 amide bonds. The molecular formula is C25H33FN6S. The van der Waals surface area contributed by atoms with Crippen LogP contribution in [-0.2, 0) is 6.42 Å². The minimum Gasteiger partial charge on any atom is -0.375 e. The van der Waals surface area contributed by atoms with E-state index in [0.717, 1.165) is 69.8 Å². The molecule has 0 aromatic heterocycles. The van der Waals surface area contributed by atoms with E-state index in [0.29, 0.717) is 11.6 Å². The Hall–Kier alpha value is -2.71. The molecule has 0 atom stereocenters. The van der Waals surface area contributed by atoms with Crippen LogP contribution in [0.5, 0.6) is 0 Å². The van der Waals surface area contributed by atoms with E-state index in [1.807, 2.05) is 6.07 Å². The van der Waals surface area contributed by atoms with E-state index in [1.54, 1.807) is 12.3 Å². The first kappa shape index (κ1) is 23.4. The van der Waals surface area contributed by atoms with Gasteiger partial charge in [-0.1, -0.05) is 30.3 Å². The highest BCUT2D eigenvalue weighted by molar-refractivity contribution is 7.80. The second kappa shape index (κ2) is 10.9. The zero-order valence-electron chi connectivity index (χ0n) is 19.2. The van der Waals surface area contributed by atoms with Gasteiger partial charge in [-0.25, -0.2) is 4.39 Å². The number of likely N-dealkylation sites (N-methyl/N-ethyl adjacent to an activating group) is 1. The van der Waals surface area contributed by atoms with Gasteiger partial charge in [0.05, 0.1) is 11.9 Å². The Labute approximate surface area is 201 Å². The van der Waals surface area contributed by atoms with Crippen LogP contribution in [0.3, 0.4) is 0 Å². The Morgan fingerprint density at radius 1 is 1.06 bits per heavy atom. The maximum atomic E-state index is 15.3. The Kier molecular flexibility index (Phi) is 7.77. The number of hydrazone groups is 1. The molecule has 2 aliphatic heterocycles. The number of thiocarbonyl (C=S) groups is 1. The van der Waals surface area contributed by atoms with Crippen molar-refractivity contribution in [2.75, 3.05) is 56.1 Å². The molecule has 8 heteroatoms. The molecule has 0 aliphatic carbocycles. The van der Waals surface area contributed by atoms with Gasteiger partial charge in [0.15, 0.2) is 5.11 Å². The summed E-state index contributed by atoms with van der Waals surface area (Å²) in [6.45, 7) is 5.47. The topological polar surface area (TPSA) is 60.1 Å². The van der Waals surface area contributed by atoms with Crippen molar-refractivity contribution in [1.29, 1.82) is 0 Å². The van der Waals surface area contributed by atoms with Crippen LogP contribution in [0.25, 0.3) is 0 Å². The highest BCUT2D eigenvalue weighted by Crippen LogP contribution is 2.33. The molecule has 2 aromatic carbocycles. The van der Waals surface area contributed by atoms with Gasteiger partial charge >= 0.3 is 0 Å². The highest BCUT2D eigenvalue weighted by atomic mass is 32.1. The van der Waals surface area contributed by atoms with Crippen LogP contribution >= 0.6 is 12.2 Å². The fraction of sp³-hybridized carbons (Fsp3) is 0.440. The summed E-state index contributed by atoms with van der Waals surface area (Å²) in [6.07, 6.45) is 4.83. The van der Waals surface area contributed by atoms with E-state index in [1.165, 1.54) is 5.56 Å². The molecule has 2 aliphatic rings. The molecular weight excluding hydrogens is 435 g/mol. The zero-order chi connectivity index (χ0) is 23.2. The molecule has 0 saturated carbocycles. The van der Waals surface area contributed by atoms with Gasteiger partial charge < -0.3 is 20.4 Å². The Morgan fingerprint density at radius 2 is 1.73 bits per heavy atom. The maximum Gasteiger partial charge on any atom is 0.184 e. The SMILES string of the molecule is CN1CCN(c2cc(N3CCC(Cc4ccccc4)CC3)c(F)cc2/C=N/NC(N)=S)CC1. The molecule has 2 saturated heterocycles. The minimum absolute atomic E-state index is 0.0860. The molecule has 0 spiro atoms. The van der Waals surface area contributed by atoms with E-state index >= 15 is 4.39 Å². The van der Waals surface area contributed by atoms with Gasteiger partial charge in [-0.3, -0.25) is 5.43 Å². The number of hydrogen-bond donors (Lipinski definition) is 2. The summed E-state index contributed by atoms with van der Waals surface area (Å²) in [4.78, 5) is 6.82. The van der Waals surface area contributed by atoms with Crippen LogP contribution in [0.15, 0.2) is 47.6 Å². The summed E-state index contributed by atoms with van der Waals surface area (Å²) in [5.41, 5.74) is 11.8. The lowest BCUT2D eigenvalue weighted by Crippen LogP contribution is -2.45. The zero-order valence-corrected chi connectivity index (χ0v) is 20.0. The van der Waals surface area contributed by atoms with Crippen LogP contribution in [0.4, 0.5) is 15.8 Å². The van der Waals surface area contributed by atoms with Crippen LogP contribution in [0, 0.1) is 11.7 Å². The van der Waals surface area contributed by atoms with Crippen molar-refractivity contribution in [3.63, 3.8) is 0 Å². The molecule has 2 aromatic rings. The maximum absolute atomic E-state index is 15.3. The largest absolute Gasteiger partial charge is 0.375 e. The van der Waals surface area contributed by atoms with Crippen molar-refractivity contribution < 1.29 is 4.39 Å². The fourth-order valence-electron chi connectivity index (χ4n) is 4.72. The number of piperidine rings is 1. The van der Waals surface area contributed by atoms with E-state index in [4.69, 9.17) is 18.0 Å². The first-order valence-electron chi connectivity index (χ1n) is 11.6. The molecule has 3 N–H and O–H groups in total. The van der Waals surface area contributed by atoms with Crippen molar-refractivity contribution in [2.45, 2.75) is 19.3 Å². The average molecular weight is 469 g/mol. The number of piperazine rings is 1. The molecule has 0 unspecified atom stereocenters. The van der Waals surface area contributed by atoms with Gasteiger partial charge in [0.1, 0.15) is 5.82 Å². The molecule has 176 valence electrons. The number of rotatable bonds is 6. The monoisotopic (exact) mass is 468 g/mol. The fourth-order valence-corrected chi connectivity index (χ4v) is 4.78. The van der Waals surface area contributed by atoms with Gasteiger partial charge in [-0.05, 0) is 62.1 Å². The first-order valence-corrected chi connectivity index (χ1v) is 12.0. The van der Waals surface area contributed by atoms with E-state index < -0.39 is 0 Å². The molecule has 0 bridgehead atoms. The lowest BCUT2D eigenvalue weighted by Gasteiger charge is -2.37. The third-order valence-corrected chi connectivity index (χ3v) is 6.73. The van der Waals surface area contributed by atoms with E-state index in [2.05, 4.69) is 62.6 Å². The minimum atomic E-state index is -0.217. The van der Waals surface area contributed by atoms with Gasteiger partial charge in [0.2, 0.25) is 0 Å². The third-order valence-electron chi connectivity index (χ3n) is 6.64. The van der Waals surface area contributed by atoms with Gasteiger partial charge in [-0.15, -0.1) is 0 Å². The number of hydrogen-bond acceptors (Lipinski definition) is 5. The predicted molar refractivity (Wildman–Crippen MR) is 139 cm³/mol. The first-order chi connectivity index (χ1) is 16.0. The van der Waals surface area contributed by atoms with Crippen LogP contribution in [0.2, 0.25) is 0 Å². The standard InChI is InChI=1S/C25H33FN6S/c1-30-11-13-32(14-12-30)23-17-24(22(26)16-21(23)18-28-29-25(27)33)31-9-7-20(8-10-31)15-19-5-3-2-4-6-19/h2-6,16-18,20H,7-15H2,1H3,(H3,27,29,33)/b28-18+. The Morgan fingerprint density at radius 3 is 2.39 bits per heavy atom. The summed E-state index contributed by atoms with van der Waals surface area (Å²) >= 11 is 4.82. The van der Waals surface area contributed by atoms with Crippen molar-refractivity contribution in [2.24, 2.45) is 16.8 Å². The molecule has 2 heterocycles. The van der Waals surface area contributed by atoms with Crippen LogP contribution in [-0.4, -0.2) is 62.5 Å². The second-order valence-electron chi connectivity index (χ2n) is 9.01. The number of benzene rings is 2. The lowest BCUT2D eigenvalue weighted by molar-refractivity contribution is 0.313. The Balaban J connectivity index is 1.51. The van der Waals surface area contributed by atoms with Gasteiger partial charge in [-0.2, -0.15) is 5.10 Å². The predicted octanol–water partition coefficient (Wildman–Crippen LogP) is 3.20. The molecule has 6 nitrogen and oxygen atoms in total. The van der Waals surface area contributed by atoms with Crippen molar-refractivity contribution >= 4 is 34.9 Å². The quantitative estimate of drug-likeness (QED) is 0.386. The summed E-state index contributed by atoms with van der Waals surface area (Å²) in [7, 11) is 2.13. The van der Waals surface area contributed by atoms with Crippen molar-refractivity contribution in [3.05, 3.63) is 59.4 Å². The summed E-state index contributed by atoms with van der Waals surface area (Å²) in [5.74, 6) is 0.424. The number of nitrogens with zero attached hydrogens (tertiary/aromatic N) is 4. The Bertz CT molecular complexity index is 966. The molecule has 4 rings (SSSR count). The normalized spacial score (nSPS) is 18.1. The average Bonchev–Trinajstić information content (AvgIpc) is 2.81. The molecule has 2 fully saturated rings. The molecule has 33 heavy (non-hydrogen) atoms. The second-order valence-corrected chi connectivity index (χ2v) is 9.45. The van der Waals surface area contributed by atoms with Crippen LogP contribution in [0.1, 0.15) is 24.0 Å². The lowest BCUT2D eigenvalue weighted by atomic mass is 9.90. The summed E-state index contributed by atoms with van der Waals surface area (Å²) in [6, 6.07) is 14.2. The summed E-state index contributed by atoms with van der Waals surface area (Å²) in [5, 5.41) is 4.17. The number of nitrogens with two attached hydrogens (primary N) is 1. The van der Waals surface area contributed by atoms with Crippen LogP contribution < -0.4 is 21.0 Å². The van der Waals surface area contributed by atoms with Crippen molar-refractivity contribution in [3.8, 4) is 0 Å². The van der Waals surface area contributed by atoms with Crippen molar-refractivity contribution in [1.82, 2.24) is 10.3 Å².